The second kappa shape index (κ2) is 9.15. The SMILES string of the molecule is Cc1cc(CCNc2ccccc2C(=O)O)c2oc(N3CCC(C#N)CC3)cc(=O)c2c1. The number of hydrogen-bond acceptors (Lipinski definition) is 6. The molecule has 7 heteroatoms. The van der Waals surface area contributed by atoms with Gasteiger partial charge in [-0.25, -0.2) is 4.79 Å². The fourth-order valence-corrected chi connectivity index (χ4v) is 4.20. The number of nitrogens with zero attached hydrogens (tertiary/aromatic N) is 2. The smallest absolute Gasteiger partial charge is 0.337 e. The van der Waals surface area contributed by atoms with Crippen molar-refractivity contribution < 1.29 is 14.3 Å². The molecule has 32 heavy (non-hydrogen) atoms. The van der Waals surface area contributed by atoms with E-state index in [2.05, 4.69) is 11.4 Å². The van der Waals surface area contributed by atoms with Crippen molar-refractivity contribution >= 4 is 28.5 Å². The number of anilines is 2. The number of rotatable bonds is 6. The lowest BCUT2D eigenvalue weighted by molar-refractivity contribution is 0.0698. The number of aryl methyl sites for hydroxylation is 1. The predicted molar refractivity (Wildman–Crippen MR) is 123 cm³/mol. The molecule has 3 aromatic rings. The van der Waals surface area contributed by atoms with Crippen LogP contribution in [-0.4, -0.2) is 30.7 Å². The first-order valence-electron chi connectivity index (χ1n) is 10.7. The topological polar surface area (TPSA) is 107 Å². The number of hydrogen-bond donors (Lipinski definition) is 2. The Morgan fingerprint density at radius 2 is 2.00 bits per heavy atom. The number of para-hydroxylation sites is 1. The third-order valence-corrected chi connectivity index (χ3v) is 5.89. The zero-order chi connectivity index (χ0) is 22.7. The van der Waals surface area contributed by atoms with Gasteiger partial charge in [-0.1, -0.05) is 18.2 Å². The van der Waals surface area contributed by atoms with E-state index in [1.54, 1.807) is 30.3 Å². The maximum absolute atomic E-state index is 12.9. The van der Waals surface area contributed by atoms with E-state index in [1.807, 2.05) is 24.0 Å². The number of fused-ring (bicyclic) bond motifs is 1. The molecule has 0 amide bonds. The van der Waals surface area contributed by atoms with Crippen LogP contribution >= 0.6 is 0 Å². The van der Waals surface area contributed by atoms with Gasteiger partial charge in [-0.05, 0) is 55.5 Å². The number of aromatic carboxylic acids is 1. The van der Waals surface area contributed by atoms with Crippen LogP contribution < -0.4 is 15.6 Å². The standard InChI is InChI=1S/C25H25N3O4/c1-16-12-18(6-9-27-21-5-3-2-4-19(21)25(30)31)24-20(13-16)22(29)14-23(32-24)28-10-7-17(15-26)8-11-28/h2-5,12-14,17,27H,6-11H2,1H3,(H,30,31). The van der Waals surface area contributed by atoms with E-state index in [0.717, 1.165) is 24.0 Å². The molecule has 0 spiro atoms. The average molecular weight is 431 g/mol. The molecule has 0 radical (unpaired) electrons. The van der Waals surface area contributed by atoms with Crippen LogP contribution in [0.5, 0.6) is 0 Å². The van der Waals surface area contributed by atoms with Gasteiger partial charge in [-0.15, -0.1) is 0 Å². The van der Waals surface area contributed by atoms with Crippen molar-refractivity contribution in [2.45, 2.75) is 26.2 Å². The van der Waals surface area contributed by atoms with Gasteiger partial charge >= 0.3 is 5.97 Å². The van der Waals surface area contributed by atoms with E-state index in [0.29, 0.717) is 48.6 Å². The normalized spacial score (nSPS) is 14.3. The summed E-state index contributed by atoms with van der Waals surface area (Å²) in [4.78, 5) is 26.3. The van der Waals surface area contributed by atoms with E-state index in [9.17, 15) is 14.7 Å². The number of nitrogens with one attached hydrogen (secondary N) is 1. The summed E-state index contributed by atoms with van der Waals surface area (Å²) in [7, 11) is 0. The van der Waals surface area contributed by atoms with Crippen LogP contribution in [0.4, 0.5) is 11.6 Å². The van der Waals surface area contributed by atoms with Gasteiger partial charge in [0.15, 0.2) is 11.3 Å². The summed E-state index contributed by atoms with van der Waals surface area (Å²) in [5.41, 5.74) is 3.11. The second-order valence-electron chi connectivity index (χ2n) is 8.17. The van der Waals surface area contributed by atoms with E-state index in [-0.39, 0.29) is 16.9 Å². The van der Waals surface area contributed by atoms with Gasteiger partial charge in [-0.2, -0.15) is 5.26 Å². The van der Waals surface area contributed by atoms with Gasteiger partial charge in [-0.3, -0.25) is 4.79 Å². The van der Waals surface area contributed by atoms with Crippen molar-refractivity contribution in [3.8, 4) is 6.07 Å². The number of carboxylic acid groups (broad SMARTS) is 1. The van der Waals surface area contributed by atoms with Crippen molar-refractivity contribution in [2.75, 3.05) is 29.9 Å². The summed E-state index contributed by atoms with van der Waals surface area (Å²) in [5.74, 6) is -0.394. The molecule has 2 heterocycles. The highest BCUT2D eigenvalue weighted by atomic mass is 16.4. The molecule has 2 aromatic carbocycles. The van der Waals surface area contributed by atoms with Crippen LogP contribution in [0, 0.1) is 24.2 Å². The highest BCUT2D eigenvalue weighted by Crippen LogP contribution is 2.27. The third kappa shape index (κ3) is 4.45. The van der Waals surface area contributed by atoms with Crippen molar-refractivity contribution in [1.29, 1.82) is 5.26 Å². The maximum atomic E-state index is 12.9. The van der Waals surface area contributed by atoms with Crippen molar-refractivity contribution in [2.24, 2.45) is 5.92 Å². The number of nitriles is 1. The first kappa shape index (κ1) is 21.4. The van der Waals surface area contributed by atoms with E-state index < -0.39 is 5.97 Å². The summed E-state index contributed by atoms with van der Waals surface area (Å²) in [5, 5.41) is 22.2. The zero-order valence-electron chi connectivity index (χ0n) is 17.9. The minimum Gasteiger partial charge on any atom is -0.478 e. The Hall–Kier alpha value is -3.79. The van der Waals surface area contributed by atoms with Crippen molar-refractivity contribution in [1.82, 2.24) is 0 Å². The van der Waals surface area contributed by atoms with Gasteiger partial charge in [0, 0.05) is 37.3 Å². The Morgan fingerprint density at radius 3 is 2.72 bits per heavy atom. The summed E-state index contributed by atoms with van der Waals surface area (Å²) in [6.07, 6.45) is 2.08. The van der Waals surface area contributed by atoms with Crippen LogP contribution in [0.15, 0.2) is 51.7 Å². The van der Waals surface area contributed by atoms with Crippen LogP contribution in [-0.2, 0) is 6.42 Å². The number of benzene rings is 2. The molecule has 1 fully saturated rings. The van der Waals surface area contributed by atoms with Gasteiger partial charge < -0.3 is 19.7 Å². The Bertz CT molecular complexity index is 1250. The first-order chi connectivity index (χ1) is 15.5. The molecule has 4 rings (SSSR count). The third-order valence-electron chi connectivity index (χ3n) is 5.89. The number of piperidine rings is 1. The summed E-state index contributed by atoms with van der Waals surface area (Å²) < 4.78 is 6.22. The van der Waals surface area contributed by atoms with Crippen molar-refractivity contribution in [3.05, 3.63) is 69.4 Å². The molecule has 1 aromatic heterocycles. The predicted octanol–water partition coefficient (Wildman–Crippen LogP) is 4.19. The molecular weight excluding hydrogens is 406 g/mol. The minimum atomic E-state index is -0.982. The monoisotopic (exact) mass is 431 g/mol. The lowest BCUT2D eigenvalue weighted by Crippen LogP contribution is -2.33. The maximum Gasteiger partial charge on any atom is 0.337 e. The lowest BCUT2D eigenvalue weighted by atomic mass is 9.98. The highest BCUT2D eigenvalue weighted by Gasteiger charge is 2.22. The Balaban J connectivity index is 1.60. The van der Waals surface area contributed by atoms with Gasteiger partial charge in [0.2, 0.25) is 0 Å². The molecule has 0 atom stereocenters. The van der Waals surface area contributed by atoms with E-state index in [1.165, 1.54) is 0 Å². The molecule has 2 N–H and O–H groups in total. The second-order valence-corrected chi connectivity index (χ2v) is 8.17. The zero-order valence-corrected chi connectivity index (χ0v) is 17.9. The van der Waals surface area contributed by atoms with Gasteiger partial charge in [0.05, 0.1) is 17.0 Å². The molecule has 0 bridgehead atoms. The Labute approximate surface area is 185 Å². The highest BCUT2D eigenvalue weighted by molar-refractivity contribution is 5.94. The molecule has 1 saturated heterocycles. The summed E-state index contributed by atoms with van der Waals surface area (Å²) >= 11 is 0. The molecule has 7 nitrogen and oxygen atoms in total. The van der Waals surface area contributed by atoms with E-state index in [4.69, 9.17) is 9.68 Å². The molecule has 0 aliphatic carbocycles. The first-order valence-corrected chi connectivity index (χ1v) is 10.7. The molecule has 1 aliphatic heterocycles. The molecule has 1 aliphatic rings. The molecule has 164 valence electrons. The summed E-state index contributed by atoms with van der Waals surface area (Å²) in [6.45, 7) is 3.79. The molecular formula is C25H25N3O4. The summed E-state index contributed by atoms with van der Waals surface area (Å²) in [6, 6.07) is 14.5. The largest absolute Gasteiger partial charge is 0.478 e. The lowest BCUT2D eigenvalue weighted by Gasteiger charge is -2.29. The van der Waals surface area contributed by atoms with Crippen LogP contribution in [0.2, 0.25) is 0 Å². The Kier molecular flexibility index (Phi) is 6.13. The number of carbonyl (C=O) groups is 1. The van der Waals surface area contributed by atoms with Gasteiger partial charge in [0.1, 0.15) is 5.58 Å². The quantitative estimate of drug-likeness (QED) is 0.602. The Morgan fingerprint density at radius 1 is 1.25 bits per heavy atom. The fraction of sp³-hybridized carbons (Fsp3) is 0.320. The van der Waals surface area contributed by atoms with E-state index >= 15 is 0 Å². The van der Waals surface area contributed by atoms with Crippen LogP contribution in [0.1, 0.15) is 34.3 Å². The number of carboxylic acids is 1. The minimum absolute atomic E-state index is 0.0522. The molecule has 0 saturated carbocycles. The van der Waals surface area contributed by atoms with Crippen LogP contribution in [0.25, 0.3) is 11.0 Å². The fourth-order valence-electron chi connectivity index (χ4n) is 4.20. The van der Waals surface area contributed by atoms with Crippen LogP contribution in [0.3, 0.4) is 0 Å². The van der Waals surface area contributed by atoms with Crippen molar-refractivity contribution in [3.63, 3.8) is 0 Å². The van der Waals surface area contributed by atoms with Gasteiger partial charge in [0.25, 0.3) is 0 Å². The average Bonchev–Trinajstić information content (AvgIpc) is 2.79. The molecule has 0 unspecified atom stereocenters.